The zero-order valence-electron chi connectivity index (χ0n) is 12.8. The minimum absolute atomic E-state index is 0.303. The van der Waals surface area contributed by atoms with Gasteiger partial charge in [0, 0.05) is 19.4 Å². The van der Waals surface area contributed by atoms with Gasteiger partial charge < -0.3 is 9.32 Å². The van der Waals surface area contributed by atoms with E-state index in [9.17, 15) is 13.6 Å². The Morgan fingerprint density at radius 1 is 1.17 bits per heavy atom. The van der Waals surface area contributed by atoms with Crippen LogP contribution in [0.25, 0.3) is 0 Å². The summed E-state index contributed by atoms with van der Waals surface area (Å²) in [6.45, 7) is 0. The molecule has 0 radical (unpaired) electrons. The summed E-state index contributed by atoms with van der Waals surface area (Å²) in [5.74, 6) is -2.21. The van der Waals surface area contributed by atoms with Gasteiger partial charge in [-0.15, -0.1) is 0 Å². The highest BCUT2D eigenvalue weighted by molar-refractivity contribution is 5.94. The minimum atomic E-state index is -0.967. The molecule has 0 spiro atoms. The third-order valence-corrected chi connectivity index (χ3v) is 3.74. The van der Waals surface area contributed by atoms with Gasteiger partial charge in [-0.05, 0) is 35.4 Å². The molecular weight excluding hydrogens is 314 g/mol. The van der Waals surface area contributed by atoms with Crippen LogP contribution in [-0.4, -0.2) is 22.8 Å². The number of furan rings is 1. The van der Waals surface area contributed by atoms with Gasteiger partial charge in [-0.2, -0.15) is 0 Å². The third-order valence-electron chi connectivity index (χ3n) is 3.74. The molecule has 0 saturated carbocycles. The van der Waals surface area contributed by atoms with Crippen LogP contribution in [-0.2, 0) is 0 Å². The Balaban J connectivity index is 2.05. The number of hydrogen-bond donors (Lipinski definition) is 0. The van der Waals surface area contributed by atoms with Crippen LogP contribution < -0.4 is 0 Å². The second-order valence-electron chi connectivity index (χ2n) is 5.29. The second kappa shape index (κ2) is 6.62. The molecule has 3 rings (SSSR count). The SMILES string of the molecule is CN(C(=O)c1ccoc1)C(c1cccnc1)c1ccc(F)c(F)c1. The maximum atomic E-state index is 13.7. The lowest BCUT2D eigenvalue weighted by Crippen LogP contribution is -2.32. The van der Waals surface area contributed by atoms with Crippen LogP contribution in [0.5, 0.6) is 0 Å². The molecule has 1 aromatic carbocycles. The molecular formula is C18H14F2N2O2. The van der Waals surface area contributed by atoms with E-state index in [1.54, 1.807) is 37.6 Å². The number of rotatable bonds is 4. The summed E-state index contributed by atoms with van der Waals surface area (Å²) in [6.07, 6.45) is 5.93. The van der Waals surface area contributed by atoms with Gasteiger partial charge >= 0.3 is 0 Å². The summed E-state index contributed by atoms with van der Waals surface area (Å²) < 4.78 is 31.9. The Morgan fingerprint density at radius 3 is 2.62 bits per heavy atom. The second-order valence-corrected chi connectivity index (χ2v) is 5.29. The van der Waals surface area contributed by atoms with Crippen molar-refractivity contribution < 1.29 is 18.0 Å². The molecule has 0 N–H and O–H groups in total. The molecule has 3 aromatic rings. The molecule has 2 aromatic heterocycles. The standard InChI is InChI=1S/C18H14F2N2O2/c1-22(18(23)14-6-8-24-11-14)17(13-3-2-7-21-10-13)12-4-5-15(19)16(20)9-12/h2-11,17H,1H3. The molecule has 1 unspecified atom stereocenters. The first-order chi connectivity index (χ1) is 11.6. The molecule has 24 heavy (non-hydrogen) atoms. The molecule has 122 valence electrons. The predicted octanol–water partition coefficient (Wildman–Crippen LogP) is 3.81. The lowest BCUT2D eigenvalue weighted by Gasteiger charge is -2.28. The van der Waals surface area contributed by atoms with E-state index in [4.69, 9.17) is 4.42 Å². The topological polar surface area (TPSA) is 46.3 Å². The molecule has 4 nitrogen and oxygen atoms in total. The van der Waals surface area contributed by atoms with Crippen molar-refractivity contribution in [3.05, 3.63) is 89.6 Å². The Bertz CT molecular complexity index is 835. The van der Waals surface area contributed by atoms with Gasteiger partial charge in [-0.25, -0.2) is 8.78 Å². The Labute approximate surface area is 137 Å². The van der Waals surface area contributed by atoms with Crippen LogP contribution in [0.15, 0.2) is 65.7 Å². The lowest BCUT2D eigenvalue weighted by atomic mass is 9.98. The van der Waals surface area contributed by atoms with Crippen molar-refractivity contribution in [1.29, 1.82) is 0 Å². The van der Waals surface area contributed by atoms with E-state index in [1.165, 1.54) is 23.5 Å². The first-order valence-corrected chi connectivity index (χ1v) is 7.22. The van der Waals surface area contributed by atoms with E-state index in [-0.39, 0.29) is 5.91 Å². The van der Waals surface area contributed by atoms with Crippen LogP contribution in [0.4, 0.5) is 8.78 Å². The van der Waals surface area contributed by atoms with Crippen molar-refractivity contribution in [2.45, 2.75) is 6.04 Å². The van der Waals surface area contributed by atoms with E-state index in [2.05, 4.69) is 4.98 Å². The third kappa shape index (κ3) is 3.03. The summed E-state index contributed by atoms with van der Waals surface area (Å²) in [5, 5.41) is 0. The Morgan fingerprint density at radius 2 is 2.00 bits per heavy atom. The van der Waals surface area contributed by atoms with Crippen LogP contribution in [0.1, 0.15) is 27.5 Å². The fourth-order valence-electron chi connectivity index (χ4n) is 2.57. The highest BCUT2D eigenvalue weighted by Crippen LogP contribution is 2.29. The minimum Gasteiger partial charge on any atom is -0.472 e. The predicted molar refractivity (Wildman–Crippen MR) is 83.2 cm³/mol. The average molecular weight is 328 g/mol. The molecule has 1 atom stereocenters. The first-order valence-electron chi connectivity index (χ1n) is 7.22. The number of halogens is 2. The maximum absolute atomic E-state index is 13.7. The largest absolute Gasteiger partial charge is 0.472 e. The Kier molecular flexibility index (Phi) is 4.37. The zero-order chi connectivity index (χ0) is 17.1. The fraction of sp³-hybridized carbons (Fsp3) is 0.111. The lowest BCUT2D eigenvalue weighted by molar-refractivity contribution is 0.0754. The van der Waals surface area contributed by atoms with E-state index < -0.39 is 17.7 Å². The summed E-state index contributed by atoms with van der Waals surface area (Å²) in [5.41, 5.74) is 1.50. The number of pyridine rings is 1. The van der Waals surface area contributed by atoms with Crippen molar-refractivity contribution in [3.8, 4) is 0 Å². The van der Waals surface area contributed by atoms with E-state index in [0.29, 0.717) is 16.7 Å². The van der Waals surface area contributed by atoms with Crippen molar-refractivity contribution in [2.24, 2.45) is 0 Å². The number of carbonyl (C=O) groups is 1. The molecule has 0 aliphatic carbocycles. The molecule has 0 aliphatic heterocycles. The van der Waals surface area contributed by atoms with Crippen molar-refractivity contribution in [3.63, 3.8) is 0 Å². The number of amides is 1. The highest BCUT2D eigenvalue weighted by atomic mass is 19.2. The van der Waals surface area contributed by atoms with Crippen LogP contribution in [0.2, 0.25) is 0 Å². The maximum Gasteiger partial charge on any atom is 0.257 e. The smallest absolute Gasteiger partial charge is 0.257 e. The van der Waals surface area contributed by atoms with Gasteiger partial charge in [-0.1, -0.05) is 12.1 Å². The zero-order valence-corrected chi connectivity index (χ0v) is 12.8. The van der Waals surface area contributed by atoms with E-state index in [0.717, 1.165) is 12.1 Å². The molecule has 0 bridgehead atoms. The fourth-order valence-corrected chi connectivity index (χ4v) is 2.57. The van der Waals surface area contributed by atoms with Crippen LogP contribution in [0.3, 0.4) is 0 Å². The molecule has 6 heteroatoms. The van der Waals surface area contributed by atoms with Gasteiger partial charge in [0.1, 0.15) is 6.26 Å². The summed E-state index contributed by atoms with van der Waals surface area (Å²) in [7, 11) is 1.59. The van der Waals surface area contributed by atoms with Crippen molar-refractivity contribution >= 4 is 5.91 Å². The van der Waals surface area contributed by atoms with Crippen molar-refractivity contribution in [2.75, 3.05) is 7.05 Å². The number of hydrogen-bond acceptors (Lipinski definition) is 3. The van der Waals surface area contributed by atoms with Crippen LogP contribution >= 0.6 is 0 Å². The van der Waals surface area contributed by atoms with Gasteiger partial charge in [-0.3, -0.25) is 9.78 Å². The van der Waals surface area contributed by atoms with Gasteiger partial charge in [0.2, 0.25) is 0 Å². The number of carbonyl (C=O) groups excluding carboxylic acids is 1. The summed E-state index contributed by atoms with van der Waals surface area (Å²) in [4.78, 5) is 18.1. The average Bonchev–Trinajstić information content (AvgIpc) is 3.13. The first kappa shape index (κ1) is 15.9. The molecule has 0 fully saturated rings. The van der Waals surface area contributed by atoms with Crippen LogP contribution in [0, 0.1) is 11.6 Å². The van der Waals surface area contributed by atoms with E-state index in [1.807, 2.05) is 0 Å². The normalized spacial score (nSPS) is 12.0. The van der Waals surface area contributed by atoms with Gasteiger partial charge in [0.15, 0.2) is 11.6 Å². The molecule has 2 heterocycles. The highest BCUT2D eigenvalue weighted by Gasteiger charge is 2.26. The van der Waals surface area contributed by atoms with Gasteiger partial charge in [0.25, 0.3) is 5.91 Å². The quantitative estimate of drug-likeness (QED) is 0.731. The molecule has 0 aliphatic rings. The van der Waals surface area contributed by atoms with E-state index >= 15 is 0 Å². The summed E-state index contributed by atoms with van der Waals surface area (Å²) in [6, 6.07) is 8.02. The summed E-state index contributed by atoms with van der Waals surface area (Å²) >= 11 is 0. The number of aromatic nitrogens is 1. The molecule has 0 saturated heterocycles. The number of benzene rings is 1. The Hall–Kier alpha value is -3.02. The monoisotopic (exact) mass is 328 g/mol. The number of nitrogens with zero attached hydrogens (tertiary/aromatic N) is 2. The van der Waals surface area contributed by atoms with Crippen molar-refractivity contribution in [1.82, 2.24) is 9.88 Å². The molecule has 1 amide bonds. The van der Waals surface area contributed by atoms with Gasteiger partial charge in [0.05, 0.1) is 17.9 Å².